The summed E-state index contributed by atoms with van der Waals surface area (Å²) in [6, 6.07) is 2.95. The maximum Gasteiger partial charge on any atom is 0.573 e. The van der Waals surface area contributed by atoms with Gasteiger partial charge in [0, 0.05) is 5.56 Å². The minimum Gasteiger partial charge on any atom is -0.406 e. The Kier molecular flexibility index (Phi) is 3.80. The van der Waals surface area contributed by atoms with Crippen LogP contribution in [0.5, 0.6) is 5.75 Å². The highest BCUT2D eigenvalue weighted by Gasteiger charge is 2.32. The van der Waals surface area contributed by atoms with Crippen molar-refractivity contribution >= 4 is 11.7 Å². The van der Waals surface area contributed by atoms with Crippen molar-refractivity contribution in [2.75, 3.05) is 0 Å². The molecule has 1 aromatic rings. The number of fused-ring (bicyclic) bond motifs is 1. The van der Waals surface area contributed by atoms with E-state index in [0.717, 1.165) is 5.01 Å². The Bertz CT molecular complexity index is 599. The number of amides is 2. The fourth-order valence-electron chi connectivity index (χ4n) is 2.27. The summed E-state index contributed by atoms with van der Waals surface area (Å²) in [6.07, 6.45) is -4.42. The number of alkyl halides is 3. The van der Waals surface area contributed by atoms with Gasteiger partial charge in [-0.3, -0.25) is 0 Å². The fourth-order valence-corrected chi connectivity index (χ4v) is 2.27. The Labute approximate surface area is 119 Å². The predicted octanol–water partition coefficient (Wildman–Crippen LogP) is 2.63. The molecule has 114 valence electrons. The number of benzene rings is 1. The molecular weight excluding hydrogens is 287 g/mol. The van der Waals surface area contributed by atoms with Crippen LogP contribution in [0, 0.1) is 0 Å². The van der Waals surface area contributed by atoms with E-state index in [-0.39, 0.29) is 11.8 Å². The highest BCUT2D eigenvalue weighted by molar-refractivity contribution is 6.01. The number of primary amides is 1. The molecule has 0 saturated carbocycles. The number of nitrogens with two attached hydrogens (primary N) is 1. The zero-order valence-electron chi connectivity index (χ0n) is 11.4. The van der Waals surface area contributed by atoms with E-state index in [4.69, 9.17) is 5.73 Å². The Hall–Kier alpha value is -2.25. The van der Waals surface area contributed by atoms with Gasteiger partial charge >= 0.3 is 12.4 Å². The first-order chi connectivity index (χ1) is 9.67. The van der Waals surface area contributed by atoms with E-state index < -0.39 is 12.4 Å². The molecule has 1 unspecified atom stereocenters. The van der Waals surface area contributed by atoms with Crippen molar-refractivity contribution < 1.29 is 22.7 Å². The van der Waals surface area contributed by atoms with Crippen LogP contribution >= 0.6 is 0 Å². The van der Waals surface area contributed by atoms with E-state index in [1.165, 1.54) is 18.2 Å². The van der Waals surface area contributed by atoms with Gasteiger partial charge in [-0.05, 0) is 44.0 Å². The molecule has 2 N–H and O–H groups in total. The monoisotopic (exact) mass is 301 g/mol. The van der Waals surface area contributed by atoms with E-state index in [1.807, 2.05) is 0 Å². The van der Waals surface area contributed by atoms with Gasteiger partial charge in [-0.15, -0.1) is 13.2 Å². The highest BCUT2D eigenvalue weighted by Crippen LogP contribution is 2.28. The number of halogens is 3. The molecule has 1 heterocycles. The number of hydrazone groups is 1. The first-order valence-corrected chi connectivity index (χ1v) is 6.20. The third kappa shape index (κ3) is 3.45. The molecule has 0 bridgehead atoms. The van der Waals surface area contributed by atoms with E-state index >= 15 is 0 Å². The smallest absolute Gasteiger partial charge is 0.406 e. The van der Waals surface area contributed by atoms with Crippen LogP contribution in [0.25, 0.3) is 0 Å². The molecule has 0 saturated heterocycles. The van der Waals surface area contributed by atoms with Crippen LogP contribution in [0.15, 0.2) is 23.3 Å². The van der Waals surface area contributed by atoms with Crippen molar-refractivity contribution in [3.63, 3.8) is 0 Å². The SMILES string of the molecule is CC1=NN(C(N)=O)C(C)Cc2cc(OC(F)(F)F)ccc21. The molecule has 1 aliphatic rings. The van der Waals surface area contributed by atoms with Gasteiger partial charge < -0.3 is 10.5 Å². The summed E-state index contributed by atoms with van der Waals surface area (Å²) in [6.45, 7) is 3.38. The molecular formula is C13H14F3N3O2. The molecule has 0 spiro atoms. The lowest BCUT2D eigenvalue weighted by Crippen LogP contribution is -2.39. The molecule has 1 atom stereocenters. The summed E-state index contributed by atoms with van der Waals surface area (Å²) in [4.78, 5) is 11.3. The zero-order chi connectivity index (χ0) is 15.8. The van der Waals surface area contributed by atoms with Gasteiger partial charge in [0.1, 0.15) is 5.75 Å². The third-order valence-electron chi connectivity index (χ3n) is 3.12. The largest absolute Gasteiger partial charge is 0.573 e. The van der Waals surface area contributed by atoms with Gasteiger partial charge in [0.2, 0.25) is 0 Å². The molecule has 1 aromatic carbocycles. The minimum absolute atomic E-state index is 0.297. The molecule has 8 heteroatoms. The van der Waals surface area contributed by atoms with Gasteiger partial charge in [-0.2, -0.15) is 5.10 Å². The fraction of sp³-hybridized carbons (Fsp3) is 0.385. The van der Waals surface area contributed by atoms with Gasteiger partial charge in [0.05, 0.1) is 11.8 Å². The van der Waals surface area contributed by atoms with Gasteiger partial charge in [0.25, 0.3) is 0 Å². The second-order valence-electron chi connectivity index (χ2n) is 4.79. The molecule has 2 rings (SSSR count). The van der Waals surface area contributed by atoms with Crippen LogP contribution in [0.2, 0.25) is 0 Å². The van der Waals surface area contributed by atoms with Crippen molar-refractivity contribution in [3.8, 4) is 5.75 Å². The van der Waals surface area contributed by atoms with E-state index in [1.54, 1.807) is 13.8 Å². The topological polar surface area (TPSA) is 67.9 Å². The van der Waals surface area contributed by atoms with Crippen LogP contribution < -0.4 is 10.5 Å². The average Bonchev–Trinajstić information content (AvgIpc) is 2.44. The molecule has 1 aliphatic heterocycles. The van der Waals surface area contributed by atoms with E-state index in [0.29, 0.717) is 23.3 Å². The normalized spacial score (nSPS) is 18.6. The first-order valence-electron chi connectivity index (χ1n) is 6.20. The van der Waals surface area contributed by atoms with Crippen molar-refractivity contribution in [1.29, 1.82) is 0 Å². The quantitative estimate of drug-likeness (QED) is 0.866. The minimum atomic E-state index is -4.74. The second-order valence-corrected chi connectivity index (χ2v) is 4.79. The van der Waals surface area contributed by atoms with E-state index in [2.05, 4.69) is 9.84 Å². The number of rotatable bonds is 1. The number of hydrogen-bond acceptors (Lipinski definition) is 3. The van der Waals surface area contributed by atoms with Crippen molar-refractivity contribution in [2.24, 2.45) is 10.8 Å². The molecule has 0 aromatic heterocycles. The summed E-state index contributed by atoms with van der Waals surface area (Å²) in [5.41, 5.74) is 7.04. The summed E-state index contributed by atoms with van der Waals surface area (Å²) < 4.78 is 40.7. The number of carbonyl (C=O) groups is 1. The lowest BCUT2D eigenvalue weighted by molar-refractivity contribution is -0.274. The Morgan fingerprint density at radius 3 is 2.71 bits per heavy atom. The lowest BCUT2D eigenvalue weighted by atomic mass is 9.98. The number of hydrogen-bond donors (Lipinski definition) is 1. The summed E-state index contributed by atoms with van der Waals surface area (Å²) in [5.74, 6) is -0.297. The van der Waals surface area contributed by atoms with Gasteiger partial charge in [0.15, 0.2) is 0 Å². The van der Waals surface area contributed by atoms with E-state index in [9.17, 15) is 18.0 Å². The Morgan fingerprint density at radius 2 is 2.14 bits per heavy atom. The van der Waals surface area contributed by atoms with Crippen LogP contribution in [-0.4, -0.2) is 29.2 Å². The van der Waals surface area contributed by atoms with Crippen LogP contribution in [0.3, 0.4) is 0 Å². The number of urea groups is 1. The van der Waals surface area contributed by atoms with Crippen LogP contribution in [-0.2, 0) is 6.42 Å². The Morgan fingerprint density at radius 1 is 1.48 bits per heavy atom. The average molecular weight is 301 g/mol. The second kappa shape index (κ2) is 5.27. The maximum absolute atomic E-state index is 12.3. The van der Waals surface area contributed by atoms with Crippen LogP contribution in [0.1, 0.15) is 25.0 Å². The number of carbonyl (C=O) groups excluding carboxylic acids is 1. The zero-order valence-corrected chi connectivity index (χ0v) is 11.4. The lowest BCUT2D eigenvalue weighted by Gasteiger charge is -2.20. The number of ether oxygens (including phenoxy) is 1. The van der Waals surface area contributed by atoms with Crippen molar-refractivity contribution in [1.82, 2.24) is 5.01 Å². The highest BCUT2D eigenvalue weighted by atomic mass is 19.4. The first kappa shape index (κ1) is 15.1. The molecule has 5 nitrogen and oxygen atoms in total. The summed E-state index contributed by atoms with van der Waals surface area (Å²) in [7, 11) is 0. The van der Waals surface area contributed by atoms with Crippen molar-refractivity contribution in [3.05, 3.63) is 29.3 Å². The summed E-state index contributed by atoms with van der Waals surface area (Å²) >= 11 is 0. The Balaban J connectivity index is 2.39. The van der Waals surface area contributed by atoms with Gasteiger partial charge in [-0.1, -0.05) is 0 Å². The number of nitrogens with zero attached hydrogens (tertiary/aromatic N) is 2. The summed E-state index contributed by atoms with van der Waals surface area (Å²) in [5, 5.41) is 5.24. The van der Waals surface area contributed by atoms with Crippen molar-refractivity contribution in [2.45, 2.75) is 32.7 Å². The maximum atomic E-state index is 12.3. The van der Waals surface area contributed by atoms with Gasteiger partial charge in [-0.25, -0.2) is 9.80 Å². The molecule has 0 aliphatic carbocycles. The molecule has 2 amide bonds. The van der Waals surface area contributed by atoms with Crippen LogP contribution in [0.4, 0.5) is 18.0 Å². The standard InChI is InChI=1S/C13H14F3N3O2/c1-7-5-9-6-10(21-13(14,15)16)3-4-11(9)8(2)18-19(7)12(17)20/h3-4,6-7H,5H2,1-2H3,(H2,17,20). The molecule has 0 radical (unpaired) electrons. The molecule has 0 fully saturated rings. The predicted molar refractivity (Wildman–Crippen MR) is 69.9 cm³/mol. The third-order valence-corrected chi connectivity index (χ3v) is 3.12. The molecule has 21 heavy (non-hydrogen) atoms.